The maximum absolute atomic E-state index is 12.1. The van der Waals surface area contributed by atoms with Crippen LogP contribution < -0.4 is 26.1 Å². The van der Waals surface area contributed by atoms with E-state index < -0.39 is 5.91 Å². The second-order valence-electron chi connectivity index (χ2n) is 6.33. The normalized spacial score (nSPS) is 10.3. The maximum atomic E-state index is 12.1. The average Bonchev–Trinajstić information content (AvgIpc) is 3.27. The number of fused-ring (bicyclic) bond motifs is 1. The lowest BCUT2D eigenvalue weighted by atomic mass is 10.1. The monoisotopic (exact) mass is 440 g/mol. The molecule has 0 saturated heterocycles. The highest BCUT2D eigenvalue weighted by atomic mass is 35.5. The minimum Gasteiger partial charge on any atom is -0.493 e. The van der Waals surface area contributed by atoms with Gasteiger partial charge >= 0.3 is 0 Å². The highest BCUT2D eigenvalue weighted by Gasteiger charge is 2.14. The molecule has 0 radical (unpaired) electrons. The van der Waals surface area contributed by atoms with Gasteiger partial charge < -0.3 is 14.8 Å². The van der Waals surface area contributed by atoms with E-state index in [9.17, 15) is 4.79 Å². The van der Waals surface area contributed by atoms with Crippen molar-refractivity contribution in [2.24, 2.45) is 5.84 Å². The third kappa shape index (κ3) is 4.23. The number of carbonyl (C=O) groups excluding carboxylic acids is 1. The molecule has 9 nitrogen and oxygen atoms in total. The van der Waals surface area contributed by atoms with Crippen LogP contribution in [-0.4, -0.2) is 34.5 Å². The first-order valence-corrected chi connectivity index (χ1v) is 9.08. The number of anilines is 2. The van der Waals surface area contributed by atoms with Crippen LogP contribution in [0.3, 0.4) is 0 Å². The number of hydrazine groups is 1. The SMILES string of the molecule is COc1ccc(-c2cc3nccn3c(Nc3ccccc3C(=O)NN)n2)cc1OC.Cl. The number of hydrogen-bond donors (Lipinski definition) is 3. The third-order valence-electron chi connectivity index (χ3n) is 4.62. The number of nitrogens with one attached hydrogen (secondary N) is 2. The van der Waals surface area contributed by atoms with Gasteiger partial charge in [0.05, 0.1) is 31.2 Å². The van der Waals surface area contributed by atoms with Crippen molar-refractivity contribution in [3.05, 3.63) is 66.5 Å². The summed E-state index contributed by atoms with van der Waals surface area (Å²) in [6.07, 6.45) is 3.47. The van der Waals surface area contributed by atoms with Gasteiger partial charge in [-0.1, -0.05) is 12.1 Å². The summed E-state index contributed by atoms with van der Waals surface area (Å²) in [5, 5.41) is 3.22. The van der Waals surface area contributed by atoms with Gasteiger partial charge in [-0.3, -0.25) is 14.6 Å². The van der Waals surface area contributed by atoms with E-state index in [0.717, 1.165) is 5.56 Å². The van der Waals surface area contributed by atoms with E-state index in [2.05, 4.69) is 15.7 Å². The molecule has 0 atom stereocenters. The predicted molar refractivity (Wildman–Crippen MR) is 120 cm³/mol. The molecule has 0 bridgehead atoms. The number of para-hydroxylation sites is 1. The van der Waals surface area contributed by atoms with Crippen LogP contribution in [0.4, 0.5) is 11.6 Å². The first-order valence-electron chi connectivity index (χ1n) is 9.08. The molecule has 1 amide bonds. The topological polar surface area (TPSA) is 116 Å². The molecule has 0 unspecified atom stereocenters. The molecule has 4 rings (SSSR count). The van der Waals surface area contributed by atoms with E-state index in [4.69, 9.17) is 20.3 Å². The second kappa shape index (κ2) is 9.33. The van der Waals surface area contributed by atoms with Gasteiger partial charge in [0.25, 0.3) is 5.91 Å². The number of amides is 1. The van der Waals surface area contributed by atoms with Crippen molar-refractivity contribution in [3.63, 3.8) is 0 Å². The predicted octanol–water partition coefficient (Wildman–Crippen LogP) is 3.18. The summed E-state index contributed by atoms with van der Waals surface area (Å²) in [6, 6.07) is 14.5. The van der Waals surface area contributed by atoms with E-state index in [1.165, 1.54) is 0 Å². The van der Waals surface area contributed by atoms with E-state index in [-0.39, 0.29) is 12.4 Å². The number of carbonyl (C=O) groups is 1. The Morgan fingerprint density at radius 1 is 1.06 bits per heavy atom. The van der Waals surface area contributed by atoms with Crippen molar-refractivity contribution < 1.29 is 14.3 Å². The van der Waals surface area contributed by atoms with Crippen LogP contribution in [0.25, 0.3) is 16.9 Å². The zero-order valence-corrected chi connectivity index (χ0v) is 17.6. The fourth-order valence-corrected chi connectivity index (χ4v) is 3.14. The maximum Gasteiger partial charge on any atom is 0.267 e. The summed E-state index contributed by atoms with van der Waals surface area (Å²) in [5.74, 6) is 6.62. The smallest absolute Gasteiger partial charge is 0.267 e. The number of methoxy groups -OCH3 is 2. The molecule has 0 aliphatic rings. The molecule has 0 spiro atoms. The molecule has 0 aliphatic carbocycles. The van der Waals surface area contributed by atoms with Crippen molar-refractivity contribution in [1.29, 1.82) is 0 Å². The number of imidazole rings is 1. The van der Waals surface area contributed by atoms with E-state index in [1.54, 1.807) is 49.2 Å². The Bertz CT molecular complexity index is 1230. The molecule has 31 heavy (non-hydrogen) atoms. The number of nitrogens with two attached hydrogens (primary N) is 1. The van der Waals surface area contributed by atoms with Crippen molar-refractivity contribution in [2.45, 2.75) is 0 Å². The third-order valence-corrected chi connectivity index (χ3v) is 4.62. The molecule has 0 fully saturated rings. The van der Waals surface area contributed by atoms with Crippen LogP contribution in [0.5, 0.6) is 11.5 Å². The number of benzene rings is 2. The van der Waals surface area contributed by atoms with E-state index in [0.29, 0.717) is 40.0 Å². The summed E-state index contributed by atoms with van der Waals surface area (Å²) in [4.78, 5) is 21.2. The Morgan fingerprint density at radius 2 is 1.84 bits per heavy atom. The van der Waals surface area contributed by atoms with E-state index >= 15 is 0 Å². The Labute approximate surface area is 184 Å². The average molecular weight is 441 g/mol. The molecular weight excluding hydrogens is 420 g/mol. The molecule has 4 aromatic rings. The number of ether oxygens (including phenoxy) is 2. The van der Waals surface area contributed by atoms with Gasteiger partial charge in [0.2, 0.25) is 5.95 Å². The Kier molecular flexibility index (Phi) is 6.58. The van der Waals surface area contributed by atoms with Crippen LogP contribution in [0.15, 0.2) is 60.9 Å². The van der Waals surface area contributed by atoms with Crippen molar-refractivity contribution in [2.75, 3.05) is 19.5 Å². The number of nitrogens with zero attached hydrogens (tertiary/aromatic N) is 3. The largest absolute Gasteiger partial charge is 0.493 e. The van der Waals surface area contributed by atoms with Crippen molar-refractivity contribution in [3.8, 4) is 22.8 Å². The minimum atomic E-state index is -0.406. The molecule has 0 saturated carbocycles. The molecule has 0 aliphatic heterocycles. The van der Waals surface area contributed by atoms with Gasteiger partial charge in [-0.05, 0) is 30.3 Å². The number of halogens is 1. The summed E-state index contributed by atoms with van der Waals surface area (Å²) >= 11 is 0. The molecule has 2 heterocycles. The van der Waals surface area contributed by atoms with Gasteiger partial charge in [0.15, 0.2) is 11.5 Å². The number of nitrogen functional groups attached to an aromatic ring is 1. The highest BCUT2D eigenvalue weighted by molar-refractivity contribution is 5.99. The molecule has 4 N–H and O–H groups in total. The number of aromatic nitrogens is 3. The van der Waals surface area contributed by atoms with Crippen LogP contribution in [0, 0.1) is 0 Å². The molecular formula is C21H21ClN6O3. The Morgan fingerprint density at radius 3 is 2.58 bits per heavy atom. The lowest BCUT2D eigenvalue weighted by Crippen LogP contribution is -2.30. The van der Waals surface area contributed by atoms with Gasteiger partial charge in [-0.2, -0.15) is 0 Å². The van der Waals surface area contributed by atoms with Crippen LogP contribution in [0.2, 0.25) is 0 Å². The molecule has 160 valence electrons. The summed E-state index contributed by atoms with van der Waals surface area (Å²) < 4.78 is 12.5. The summed E-state index contributed by atoms with van der Waals surface area (Å²) in [7, 11) is 3.17. The van der Waals surface area contributed by atoms with Gasteiger partial charge in [0.1, 0.15) is 5.65 Å². The van der Waals surface area contributed by atoms with Crippen LogP contribution in [0.1, 0.15) is 10.4 Å². The summed E-state index contributed by atoms with van der Waals surface area (Å²) in [6.45, 7) is 0. The first-order chi connectivity index (χ1) is 14.6. The van der Waals surface area contributed by atoms with Crippen molar-refractivity contribution in [1.82, 2.24) is 19.8 Å². The van der Waals surface area contributed by atoms with Gasteiger partial charge in [-0.15, -0.1) is 12.4 Å². The van der Waals surface area contributed by atoms with Crippen molar-refractivity contribution >= 4 is 35.6 Å². The fourth-order valence-electron chi connectivity index (χ4n) is 3.14. The van der Waals surface area contributed by atoms with Gasteiger partial charge in [0, 0.05) is 24.0 Å². The Balaban J connectivity index is 0.00000272. The zero-order chi connectivity index (χ0) is 21.1. The molecule has 10 heteroatoms. The van der Waals surface area contributed by atoms with Crippen LogP contribution in [-0.2, 0) is 0 Å². The summed E-state index contributed by atoms with van der Waals surface area (Å²) in [5.41, 5.74) is 5.31. The van der Waals surface area contributed by atoms with Crippen LogP contribution >= 0.6 is 12.4 Å². The molecule has 2 aromatic heterocycles. The minimum absolute atomic E-state index is 0. The molecule has 2 aromatic carbocycles. The van der Waals surface area contributed by atoms with Gasteiger partial charge in [-0.25, -0.2) is 15.8 Å². The highest BCUT2D eigenvalue weighted by Crippen LogP contribution is 2.33. The fraction of sp³-hybridized carbons (Fsp3) is 0.0952. The number of rotatable bonds is 6. The number of hydrogen-bond acceptors (Lipinski definition) is 7. The quantitative estimate of drug-likeness (QED) is 0.239. The lowest BCUT2D eigenvalue weighted by molar-refractivity contribution is 0.0954. The second-order valence-corrected chi connectivity index (χ2v) is 6.33. The zero-order valence-electron chi connectivity index (χ0n) is 16.8. The lowest BCUT2D eigenvalue weighted by Gasteiger charge is -2.14. The first kappa shape index (κ1) is 21.9. The van der Waals surface area contributed by atoms with E-state index in [1.807, 2.05) is 30.3 Å². The standard InChI is InChI=1S/C21H20N6O3.ClH/c1-29-17-8-7-13(11-18(17)30-2)16-12-19-23-9-10-27(19)21(25-16)24-15-6-4-3-5-14(15)20(28)26-22;/h3-12H,22H2,1-2H3,(H,24,25)(H,26,28);1H. The Hall–Kier alpha value is -3.82.